The number of nitrogens with one attached hydrogen (secondary N) is 1. The van der Waals surface area contributed by atoms with Crippen molar-refractivity contribution in [1.82, 2.24) is 15.1 Å². The highest BCUT2D eigenvalue weighted by Gasteiger charge is 2.20. The molecule has 20 heavy (non-hydrogen) atoms. The quantitative estimate of drug-likeness (QED) is 0.908. The van der Waals surface area contributed by atoms with Gasteiger partial charge in [0.1, 0.15) is 5.75 Å². The van der Waals surface area contributed by atoms with E-state index in [0.29, 0.717) is 6.04 Å². The average molecular weight is 271 g/mol. The summed E-state index contributed by atoms with van der Waals surface area (Å²) in [4.78, 5) is 0. The minimum Gasteiger partial charge on any atom is -0.496 e. The minimum atomic E-state index is 0.698. The topological polar surface area (TPSA) is 39.1 Å². The molecule has 0 unspecified atom stereocenters. The Bertz CT molecular complexity index is 614. The summed E-state index contributed by atoms with van der Waals surface area (Å²) in [7, 11) is 3.70. The smallest absolute Gasteiger partial charge is 0.123 e. The second kappa shape index (κ2) is 5.29. The van der Waals surface area contributed by atoms with Gasteiger partial charge in [-0.15, -0.1) is 0 Å². The van der Waals surface area contributed by atoms with E-state index in [1.165, 1.54) is 35.2 Å². The van der Waals surface area contributed by atoms with Crippen molar-refractivity contribution in [2.45, 2.75) is 32.4 Å². The molecule has 106 valence electrons. The fourth-order valence-corrected chi connectivity index (χ4v) is 2.41. The van der Waals surface area contributed by atoms with Crippen molar-refractivity contribution in [3.05, 3.63) is 35.7 Å². The minimum absolute atomic E-state index is 0.698. The Kier molecular flexibility index (Phi) is 3.49. The molecule has 1 heterocycles. The molecule has 2 aromatic rings. The van der Waals surface area contributed by atoms with Crippen LogP contribution in [0.1, 0.15) is 24.1 Å². The molecule has 1 fully saturated rings. The molecule has 0 bridgehead atoms. The zero-order valence-corrected chi connectivity index (χ0v) is 12.3. The highest BCUT2D eigenvalue weighted by atomic mass is 16.5. The molecule has 1 N–H and O–H groups in total. The van der Waals surface area contributed by atoms with Crippen molar-refractivity contribution in [3.63, 3.8) is 0 Å². The van der Waals surface area contributed by atoms with E-state index in [2.05, 4.69) is 29.5 Å². The van der Waals surface area contributed by atoms with Gasteiger partial charge in [0, 0.05) is 36.5 Å². The van der Waals surface area contributed by atoms with Crippen molar-refractivity contribution < 1.29 is 4.74 Å². The maximum atomic E-state index is 5.46. The number of aromatic nitrogens is 2. The van der Waals surface area contributed by atoms with E-state index >= 15 is 0 Å². The Morgan fingerprint density at radius 1 is 1.40 bits per heavy atom. The van der Waals surface area contributed by atoms with Crippen molar-refractivity contribution in [1.29, 1.82) is 0 Å². The Hall–Kier alpha value is -1.81. The van der Waals surface area contributed by atoms with Crippen LogP contribution in [0.3, 0.4) is 0 Å². The van der Waals surface area contributed by atoms with E-state index in [0.717, 1.165) is 12.3 Å². The maximum Gasteiger partial charge on any atom is 0.123 e. The number of hydrogen-bond donors (Lipinski definition) is 1. The van der Waals surface area contributed by atoms with Crippen LogP contribution in [0.5, 0.6) is 5.75 Å². The van der Waals surface area contributed by atoms with E-state index in [-0.39, 0.29) is 0 Å². The van der Waals surface area contributed by atoms with Gasteiger partial charge >= 0.3 is 0 Å². The monoisotopic (exact) mass is 271 g/mol. The molecule has 4 heteroatoms. The second-order valence-corrected chi connectivity index (χ2v) is 5.45. The summed E-state index contributed by atoms with van der Waals surface area (Å²) < 4.78 is 7.37. The molecule has 0 radical (unpaired) electrons. The molecule has 3 rings (SSSR count). The molecule has 1 saturated carbocycles. The fourth-order valence-electron chi connectivity index (χ4n) is 2.41. The average Bonchev–Trinajstić information content (AvgIpc) is 3.23. The van der Waals surface area contributed by atoms with E-state index in [1.54, 1.807) is 7.11 Å². The van der Waals surface area contributed by atoms with Gasteiger partial charge in [-0.1, -0.05) is 6.07 Å². The normalized spacial score (nSPS) is 14.6. The lowest BCUT2D eigenvalue weighted by atomic mass is 10.0. The first-order chi connectivity index (χ1) is 9.69. The highest BCUT2D eigenvalue weighted by molar-refractivity contribution is 5.67. The van der Waals surface area contributed by atoms with Crippen LogP contribution in [0.25, 0.3) is 11.1 Å². The van der Waals surface area contributed by atoms with Gasteiger partial charge in [-0.3, -0.25) is 4.68 Å². The molecule has 1 aromatic heterocycles. The van der Waals surface area contributed by atoms with Gasteiger partial charge < -0.3 is 10.1 Å². The molecule has 0 amide bonds. The lowest BCUT2D eigenvalue weighted by Gasteiger charge is -2.11. The number of benzene rings is 1. The Morgan fingerprint density at radius 2 is 2.20 bits per heavy atom. The third-order valence-corrected chi connectivity index (χ3v) is 3.99. The SMILES string of the molecule is COc1ccc(-c2cnn(C)c2C)cc1CNC1CC1. The number of hydrogen-bond acceptors (Lipinski definition) is 3. The molecule has 0 spiro atoms. The van der Waals surface area contributed by atoms with Crippen LogP contribution in [0.2, 0.25) is 0 Å². The lowest BCUT2D eigenvalue weighted by molar-refractivity contribution is 0.407. The third kappa shape index (κ3) is 2.56. The van der Waals surface area contributed by atoms with E-state index < -0.39 is 0 Å². The van der Waals surface area contributed by atoms with Crippen molar-refractivity contribution in [3.8, 4) is 16.9 Å². The fraction of sp³-hybridized carbons (Fsp3) is 0.438. The first-order valence-corrected chi connectivity index (χ1v) is 7.08. The highest BCUT2D eigenvalue weighted by Crippen LogP contribution is 2.29. The summed E-state index contributed by atoms with van der Waals surface area (Å²) in [6, 6.07) is 7.05. The van der Waals surface area contributed by atoms with Gasteiger partial charge in [0.15, 0.2) is 0 Å². The molecule has 1 aliphatic carbocycles. The third-order valence-electron chi connectivity index (χ3n) is 3.99. The molecule has 0 aliphatic heterocycles. The van der Waals surface area contributed by atoms with Crippen LogP contribution in [-0.2, 0) is 13.6 Å². The number of aryl methyl sites for hydroxylation is 1. The molecule has 0 atom stereocenters. The number of rotatable bonds is 5. The van der Waals surface area contributed by atoms with Crippen LogP contribution in [0, 0.1) is 6.92 Å². The van der Waals surface area contributed by atoms with E-state index in [4.69, 9.17) is 4.74 Å². The van der Waals surface area contributed by atoms with Crippen LogP contribution in [-0.4, -0.2) is 22.9 Å². The Morgan fingerprint density at radius 3 is 2.80 bits per heavy atom. The maximum absolute atomic E-state index is 5.46. The zero-order valence-electron chi connectivity index (χ0n) is 12.3. The summed E-state index contributed by atoms with van der Waals surface area (Å²) in [6.45, 7) is 2.95. The van der Waals surface area contributed by atoms with Crippen molar-refractivity contribution >= 4 is 0 Å². The molecule has 1 aliphatic rings. The molecule has 4 nitrogen and oxygen atoms in total. The number of methoxy groups -OCH3 is 1. The zero-order chi connectivity index (χ0) is 14.1. The van der Waals surface area contributed by atoms with E-state index in [9.17, 15) is 0 Å². The van der Waals surface area contributed by atoms with Gasteiger partial charge in [-0.05, 0) is 37.5 Å². The Labute approximate surface area is 119 Å². The predicted molar refractivity (Wildman–Crippen MR) is 79.8 cm³/mol. The number of nitrogens with zero attached hydrogens (tertiary/aromatic N) is 2. The molecule has 1 aromatic carbocycles. The van der Waals surface area contributed by atoms with Gasteiger partial charge in [0.05, 0.1) is 13.3 Å². The van der Waals surface area contributed by atoms with Crippen LogP contribution >= 0.6 is 0 Å². The van der Waals surface area contributed by atoms with Crippen LogP contribution in [0.15, 0.2) is 24.4 Å². The largest absolute Gasteiger partial charge is 0.496 e. The summed E-state index contributed by atoms with van der Waals surface area (Å²) in [5, 5.41) is 7.86. The van der Waals surface area contributed by atoms with Crippen LogP contribution < -0.4 is 10.1 Å². The summed E-state index contributed by atoms with van der Waals surface area (Å²) in [5.41, 5.74) is 4.77. The van der Waals surface area contributed by atoms with Crippen molar-refractivity contribution in [2.75, 3.05) is 7.11 Å². The molecule has 0 saturated heterocycles. The second-order valence-electron chi connectivity index (χ2n) is 5.45. The first-order valence-electron chi connectivity index (χ1n) is 7.08. The predicted octanol–water partition coefficient (Wildman–Crippen LogP) is 2.66. The standard InChI is InChI=1S/C16H21N3O/c1-11-15(10-18-19(11)2)12-4-7-16(20-3)13(8-12)9-17-14-5-6-14/h4,7-8,10,14,17H,5-6,9H2,1-3H3. The molecular formula is C16H21N3O. The van der Waals surface area contributed by atoms with Crippen molar-refractivity contribution in [2.24, 2.45) is 7.05 Å². The van der Waals surface area contributed by atoms with Gasteiger partial charge in [-0.2, -0.15) is 5.10 Å². The Balaban J connectivity index is 1.91. The van der Waals surface area contributed by atoms with E-state index in [1.807, 2.05) is 24.0 Å². The van der Waals surface area contributed by atoms with Crippen LogP contribution in [0.4, 0.5) is 0 Å². The summed E-state index contributed by atoms with van der Waals surface area (Å²) in [5.74, 6) is 0.948. The molecular weight excluding hydrogens is 250 g/mol. The first kappa shape index (κ1) is 13.2. The van der Waals surface area contributed by atoms with Gasteiger partial charge in [0.2, 0.25) is 0 Å². The number of ether oxygens (including phenoxy) is 1. The van der Waals surface area contributed by atoms with Gasteiger partial charge in [0.25, 0.3) is 0 Å². The van der Waals surface area contributed by atoms with Gasteiger partial charge in [-0.25, -0.2) is 0 Å². The summed E-state index contributed by atoms with van der Waals surface area (Å²) in [6.07, 6.45) is 4.52. The lowest BCUT2D eigenvalue weighted by Crippen LogP contribution is -2.15. The summed E-state index contributed by atoms with van der Waals surface area (Å²) >= 11 is 0.